The van der Waals surface area contributed by atoms with Gasteiger partial charge in [-0.3, -0.25) is 14.4 Å². The van der Waals surface area contributed by atoms with Gasteiger partial charge in [0.05, 0.1) is 5.56 Å². The van der Waals surface area contributed by atoms with Crippen LogP contribution in [-0.4, -0.2) is 43.4 Å². The van der Waals surface area contributed by atoms with Gasteiger partial charge in [0.25, 0.3) is 0 Å². The molecule has 0 bridgehead atoms. The monoisotopic (exact) mass is 584 g/mol. The molecule has 2 aromatic carbocycles. The van der Waals surface area contributed by atoms with Crippen LogP contribution in [0.15, 0.2) is 47.2 Å². The highest BCUT2D eigenvalue weighted by atomic mass is 16.3. The van der Waals surface area contributed by atoms with Crippen molar-refractivity contribution in [2.75, 3.05) is 0 Å². The van der Waals surface area contributed by atoms with Crippen LogP contribution in [0, 0.1) is 28.6 Å². The van der Waals surface area contributed by atoms with E-state index in [9.17, 15) is 34.8 Å². The molecule has 226 valence electrons. The fourth-order valence-corrected chi connectivity index (χ4v) is 9.33. The topological polar surface area (TPSA) is 132 Å². The van der Waals surface area contributed by atoms with E-state index in [4.69, 9.17) is 0 Å². The number of benzene rings is 2. The van der Waals surface area contributed by atoms with Crippen molar-refractivity contribution in [3.8, 4) is 16.9 Å². The summed E-state index contributed by atoms with van der Waals surface area (Å²) in [7, 11) is 0. The third-order valence-corrected chi connectivity index (χ3v) is 11.9. The van der Waals surface area contributed by atoms with Crippen molar-refractivity contribution >= 4 is 23.1 Å². The second kappa shape index (κ2) is 9.15. The average molecular weight is 585 g/mol. The molecule has 2 aromatic rings. The summed E-state index contributed by atoms with van der Waals surface area (Å²) in [5.41, 5.74) is -1.37. The Labute approximate surface area is 252 Å². The van der Waals surface area contributed by atoms with Gasteiger partial charge >= 0.3 is 0 Å². The number of hydrogen-bond acceptors (Lipinski definition) is 7. The van der Waals surface area contributed by atoms with Gasteiger partial charge in [0.1, 0.15) is 22.8 Å². The second-order valence-corrected chi connectivity index (χ2v) is 13.9. The first-order valence-corrected chi connectivity index (χ1v) is 15.2. The van der Waals surface area contributed by atoms with E-state index in [2.05, 4.69) is 12.1 Å². The summed E-state index contributed by atoms with van der Waals surface area (Å²) in [6.07, 6.45) is 3.06. The summed E-state index contributed by atoms with van der Waals surface area (Å²) in [5, 5.41) is 47.6. The predicted molar refractivity (Wildman–Crippen MR) is 163 cm³/mol. The van der Waals surface area contributed by atoms with Gasteiger partial charge in [0, 0.05) is 27.9 Å². The lowest BCUT2D eigenvalue weighted by Crippen LogP contribution is -2.72. The number of allylic oxidation sites excluding steroid dienone is 1. The zero-order chi connectivity index (χ0) is 31.5. The Bertz CT molecular complexity index is 1710. The third-order valence-electron chi connectivity index (χ3n) is 11.9. The smallest absolute Gasteiger partial charge is 0.203 e. The molecule has 0 aliphatic heterocycles. The van der Waals surface area contributed by atoms with Crippen molar-refractivity contribution in [3.63, 3.8) is 0 Å². The Hall–Kier alpha value is -3.71. The van der Waals surface area contributed by atoms with Gasteiger partial charge in [-0.25, -0.2) is 0 Å². The SMILES string of the molecule is CC(=O)C1=C(O)[C@]2(O)C(=O)C3=C(O)c4c(ccc(-c5ccc6c(c5)CCC6)c4O)[C@@H](C)[C@]3(C)[C@@H](C)[C@]2(C)C(C(C)C)C1=O. The number of Topliss-reactive ketones (excluding diaryl/α,β-unsaturated/α-hetero) is 3. The van der Waals surface area contributed by atoms with Gasteiger partial charge in [0.15, 0.2) is 17.2 Å². The maximum atomic E-state index is 14.7. The van der Waals surface area contributed by atoms with Crippen molar-refractivity contribution < 1.29 is 34.8 Å². The number of phenols is 1. The van der Waals surface area contributed by atoms with E-state index >= 15 is 0 Å². The van der Waals surface area contributed by atoms with Crippen LogP contribution < -0.4 is 0 Å². The molecule has 0 saturated heterocycles. The van der Waals surface area contributed by atoms with Crippen LogP contribution in [0.3, 0.4) is 0 Å². The molecule has 4 N–H and O–H groups in total. The van der Waals surface area contributed by atoms with Crippen LogP contribution in [0.1, 0.15) is 83.1 Å². The molecule has 1 fully saturated rings. The van der Waals surface area contributed by atoms with Gasteiger partial charge in [-0.2, -0.15) is 0 Å². The van der Waals surface area contributed by atoms with Crippen LogP contribution >= 0.6 is 0 Å². The summed E-state index contributed by atoms with van der Waals surface area (Å²) in [6, 6.07) is 9.78. The highest BCUT2D eigenvalue weighted by Gasteiger charge is 2.75. The van der Waals surface area contributed by atoms with Gasteiger partial charge in [-0.05, 0) is 66.2 Å². The van der Waals surface area contributed by atoms with Crippen LogP contribution in [-0.2, 0) is 27.2 Å². The summed E-state index contributed by atoms with van der Waals surface area (Å²) in [5.74, 6) is -6.30. The minimum Gasteiger partial charge on any atom is -0.508 e. The highest BCUT2D eigenvalue weighted by molar-refractivity contribution is 6.24. The van der Waals surface area contributed by atoms with E-state index in [0.717, 1.165) is 31.7 Å². The Morgan fingerprint density at radius 2 is 1.63 bits per heavy atom. The molecule has 43 heavy (non-hydrogen) atoms. The Morgan fingerprint density at radius 1 is 0.977 bits per heavy atom. The molecule has 6 rings (SSSR count). The van der Waals surface area contributed by atoms with E-state index < -0.39 is 68.6 Å². The van der Waals surface area contributed by atoms with Crippen molar-refractivity contribution in [2.45, 2.75) is 79.2 Å². The summed E-state index contributed by atoms with van der Waals surface area (Å²) >= 11 is 0. The molecule has 0 spiro atoms. The molecule has 0 aromatic heterocycles. The number of carbonyl (C=O) groups excluding carboxylic acids is 3. The number of aliphatic hydroxyl groups is 3. The fraction of sp³-hybridized carbons (Fsp3) is 0.472. The zero-order valence-corrected chi connectivity index (χ0v) is 25.8. The zero-order valence-electron chi connectivity index (χ0n) is 25.8. The summed E-state index contributed by atoms with van der Waals surface area (Å²) in [4.78, 5) is 41.2. The first-order valence-electron chi connectivity index (χ1n) is 15.2. The maximum absolute atomic E-state index is 14.7. The van der Waals surface area contributed by atoms with Crippen LogP contribution in [0.2, 0.25) is 0 Å². The van der Waals surface area contributed by atoms with E-state index in [1.54, 1.807) is 20.8 Å². The molecule has 1 unspecified atom stereocenters. The minimum atomic E-state index is -2.65. The van der Waals surface area contributed by atoms with Crippen LogP contribution in [0.4, 0.5) is 0 Å². The lowest BCUT2D eigenvalue weighted by molar-refractivity contribution is -0.195. The third kappa shape index (κ3) is 3.32. The number of aromatic hydroxyl groups is 1. The van der Waals surface area contributed by atoms with Crippen molar-refractivity contribution in [3.05, 3.63) is 69.5 Å². The van der Waals surface area contributed by atoms with Gasteiger partial charge in [-0.1, -0.05) is 71.9 Å². The van der Waals surface area contributed by atoms with Gasteiger partial charge < -0.3 is 20.4 Å². The molecular weight excluding hydrogens is 544 g/mol. The predicted octanol–water partition coefficient (Wildman–Crippen LogP) is 6.15. The first kappa shape index (κ1) is 29.4. The number of phenolic OH excluding ortho intramolecular Hbond substituents is 1. The first-order chi connectivity index (χ1) is 20.1. The number of aliphatic hydroxyl groups excluding tert-OH is 2. The molecule has 0 radical (unpaired) electrons. The number of carbonyl (C=O) groups is 3. The molecular formula is C36H40O7. The Morgan fingerprint density at radius 3 is 2.26 bits per heavy atom. The van der Waals surface area contributed by atoms with Crippen molar-refractivity contribution in [1.82, 2.24) is 0 Å². The number of aryl methyl sites for hydroxylation is 2. The molecule has 7 nitrogen and oxygen atoms in total. The normalized spacial score (nSPS) is 33.4. The lowest BCUT2D eigenvalue weighted by Gasteiger charge is -2.64. The highest BCUT2D eigenvalue weighted by Crippen LogP contribution is 2.70. The Kier molecular flexibility index (Phi) is 6.25. The molecule has 7 heteroatoms. The van der Waals surface area contributed by atoms with Crippen LogP contribution in [0.25, 0.3) is 16.9 Å². The standard InChI is InChI=1S/C36H40O7/c1-16(2)27-30(39)25(18(4)37)32(41)36(43)33(42)28-31(40)26-23(17(3)34(28,6)19(5)35(27,36)7)13-14-24(29(26)38)22-12-11-20-9-8-10-21(20)15-22/h11-17,19,27,38,40-41,43H,8-10H2,1-7H3/t17-,19-,27?,34-,35-,36+/m1/s1. The fourth-order valence-electron chi connectivity index (χ4n) is 9.33. The van der Waals surface area contributed by atoms with E-state index in [-0.39, 0.29) is 22.8 Å². The van der Waals surface area contributed by atoms with E-state index in [0.29, 0.717) is 11.1 Å². The minimum absolute atomic E-state index is 0.118. The number of fused-ring (bicyclic) bond motifs is 4. The molecule has 1 saturated carbocycles. The van der Waals surface area contributed by atoms with Crippen molar-refractivity contribution in [2.24, 2.45) is 28.6 Å². The van der Waals surface area contributed by atoms with E-state index in [1.165, 1.54) is 11.1 Å². The summed E-state index contributed by atoms with van der Waals surface area (Å²) in [6.45, 7) is 12.0. The summed E-state index contributed by atoms with van der Waals surface area (Å²) < 4.78 is 0. The second-order valence-electron chi connectivity index (χ2n) is 13.9. The number of rotatable bonds is 3. The largest absolute Gasteiger partial charge is 0.508 e. The van der Waals surface area contributed by atoms with E-state index in [1.807, 2.05) is 39.0 Å². The van der Waals surface area contributed by atoms with Gasteiger partial charge in [-0.15, -0.1) is 0 Å². The van der Waals surface area contributed by atoms with Crippen molar-refractivity contribution in [1.29, 1.82) is 0 Å². The molecule has 6 atom stereocenters. The quantitative estimate of drug-likeness (QED) is 0.318. The lowest BCUT2D eigenvalue weighted by atomic mass is 9.38. The Balaban J connectivity index is 1.64. The molecule has 4 aliphatic carbocycles. The number of hydrogen-bond donors (Lipinski definition) is 4. The average Bonchev–Trinajstić information content (AvgIpc) is 3.41. The molecule has 0 amide bonds. The van der Waals surface area contributed by atoms with Crippen LogP contribution in [0.5, 0.6) is 5.75 Å². The number of ketones is 3. The molecule has 4 aliphatic rings. The maximum Gasteiger partial charge on any atom is 0.203 e. The van der Waals surface area contributed by atoms with Gasteiger partial charge in [0.2, 0.25) is 5.78 Å². The molecule has 0 heterocycles.